The summed E-state index contributed by atoms with van der Waals surface area (Å²) in [6.45, 7) is 4.84. The fourth-order valence-corrected chi connectivity index (χ4v) is 2.98. The Morgan fingerprint density at radius 1 is 1.19 bits per heavy atom. The number of pyridine rings is 1. The van der Waals surface area contributed by atoms with E-state index in [9.17, 15) is 0 Å². The molecule has 1 aromatic heterocycles. The highest BCUT2D eigenvalue weighted by atomic mass is 16.3. The normalized spacial score (nSPS) is 16.4. The van der Waals surface area contributed by atoms with Crippen molar-refractivity contribution in [3.05, 3.63) is 30.5 Å². The molecule has 1 aliphatic heterocycles. The van der Waals surface area contributed by atoms with Crippen molar-refractivity contribution < 1.29 is 5.11 Å². The average Bonchev–Trinajstić information content (AvgIpc) is 2.55. The minimum atomic E-state index is 0.233. The number of nitrogens with zero attached hydrogens (tertiary/aromatic N) is 3. The summed E-state index contributed by atoms with van der Waals surface area (Å²) < 4.78 is 0. The van der Waals surface area contributed by atoms with Gasteiger partial charge in [0.1, 0.15) is 5.82 Å². The van der Waals surface area contributed by atoms with Crippen LogP contribution in [0.5, 0.6) is 0 Å². The molecular formula is C16H22N4O. The predicted octanol–water partition coefficient (Wildman–Crippen LogP) is 1.39. The Bertz CT molecular complexity index is 603. The monoisotopic (exact) mass is 286 g/mol. The zero-order valence-electron chi connectivity index (χ0n) is 12.4. The molecule has 1 saturated heterocycles. The highest BCUT2D eigenvalue weighted by molar-refractivity contribution is 6.01. The summed E-state index contributed by atoms with van der Waals surface area (Å²) in [6, 6.07) is 8.34. The SMILES string of the molecule is CNc1cccc2ccnc(N3CCN(CCO)CC3)c12. The highest BCUT2D eigenvalue weighted by Gasteiger charge is 2.20. The second-order valence-corrected chi connectivity index (χ2v) is 5.34. The molecule has 0 atom stereocenters. The first-order valence-electron chi connectivity index (χ1n) is 7.47. The fraction of sp³-hybridized carbons (Fsp3) is 0.438. The van der Waals surface area contributed by atoms with Crippen LogP contribution in [0.1, 0.15) is 0 Å². The summed E-state index contributed by atoms with van der Waals surface area (Å²) in [7, 11) is 1.95. The first kappa shape index (κ1) is 14.1. The molecule has 0 unspecified atom stereocenters. The van der Waals surface area contributed by atoms with E-state index in [1.807, 2.05) is 13.2 Å². The molecule has 0 radical (unpaired) electrons. The fourth-order valence-electron chi connectivity index (χ4n) is 2.98. The van der Waals surface area contributed by atoms with Gasteiger partial charge in [0.05, 0.1) is 6.61 Å². The van der Waals surface area contributed by atoms with Crippen molar-refractivity contribution in [2.45, 2.75) is 0 Å². The Kier molecular flexibility index (Phi) is 4.22. The zero-order valence-corrected chi connectivity index (χ0v) is 12.4. The summed E-state index contributed by atoms with van der Waals surface area (Å²) in [5, 5.41) is 14.7. The van der Waals surface area contributed by atoms with E-state index in [0.29, 0.717) is 0 Å². The number of benzene rings is 1. The number of aliphatic hydroxyl groups excluding tert-OH is 1. The Morgan fingerprint density at radius 2 is 2.00 bits per heavy atom. The van der Waals surface area contributed by atoms with Gasteiger partial charge in [-0.3, -0.25) is 4.90 Å². The minimum absolute atomic E-state index is 0.233. The summed E-state index contributed by atoms with van der Waals surface area (Å²) in [5.41, 5.74) is 1.12. The van der Waals surface area contributed by atoms with Crippen LogP contribution in [0, 0.1) is 0 Å². The molecule has 0 aliphatic carbocycles. The van der Waals surface area contributed by atoms with Crippen molar-refractivity contribution in [2.75, 3.05) is 56.6 Å². The predicted molar refractivity (Wildman–Crippen MR) is 87.0 cm³/mol. The van der Waals surface area contributed by atoms with Crippen molar-refractivity contribution in [3.63, 3.8) is 0 Å². The lowest BCUT2D eigenvalue weighted by molar-refractivity contribution is 0.188. The molecule has 2 N–H and O–H groups in total. The van der Waals surface area contributed by atoms with Gasteiger partial charge in [0.25, 0.3) is 0 Å². The summed E-state index contributed by atoms with van der Waals surface area (Å²) in [6.07, 6.45) is 1.89. The van der Waals surface area contributed by atoms with Crippen LogP contribution in [0.25, 0.3) is 10.8 Å². The van der Waals surface area contributed by atoms with E-state index >= 15 is 0 Å². The van der Waals surface area contributed by atoms with Crippen LogP contribution in [-0.4, -0.2) is 61.4 Å². The van der Waals surface area contributed by atoms with Gasteiger partial charge in [-0.1, -0.05) is 12.1 Å². The van der Waals surface area contributed by atoms with Crippen molar-refractivity contribution in [2.24, 2.45) is 0 Å². The Balaban J connectivity index is 1.91. The Morgan fingerprint density at radius 3 is 2.71 bits per heavy atom. The van der Waals surface area contributed by atoms with E-state index in [1.165, 1.54) is 10.8 Å². The highest BCUT2D eigenvalue weighted by Crippen LogP contribution is 2.31. The number of β-amino-alcohol motifs (C(OH)–C–C–N with tert-alkyl or cyclic N) is 1. The third-order valence-electron chi connectivity index (χ3n) is 4.13. The first-order valence-corrected chi connectivity index (χ1v) is 7.47. The van der Waals surface area contributed by atoms with E-state index in [2.05, 4.69) is 44.4 Å². The van der Waals surface area contributed by atoms with Crippen LogP contribution in [-0.2, 0) is 0 Å². The maximum Gasteiger partial charge on any atom is 0.138 e. The standard InChI is InChI=1S/C16H22N4O/c1-17-14-4-2-3-13-5-6-18-16(15(13)14)20-9-7-19(8-10-20)11-12-21/h2-6,17,21H,7-12H2,1H3. The van der Waals surface area contributed by atoms with Gasteiger partial charge >= 0.3 is 0 Å². The van der Waals surface area contributed by atoms with Gasteiger partial charge in [-0.15, -0.1) is 0 Å². The smallest absolute Gasteiger partial charge is 0.138 e. The quantitative estimate of drug-likeness (QED) is 0.889. The van der Waals surface area contributed by atoms with Crippen LogP contribution < -0.4 is 10.2 Å². The number of hydrogen-bond donors (Lipinski definition) is 2. The van der Waals surface area contributed by atoms with Gasteiger partial charge in [-0.25, -0.2) is 4.98 Å². The van der Waals surface area contributed by atoms with E-state index in [0.717, 1.165) is 44.2 Å². The molecular weight excluding hydrogens is 264 g/mol. The van der Waals surface area contributed by atoms with Crippen molar-refractivity contribution >= 4 is 22.3 Å². The van der Waals surface area contributed by atoms with Gasteiger partial charge in [0.2, 0.25) is 0 Å². The molecule has 2 heterocycles. The number of aliphatic hydroxyl groups is 1. The van der Waals surface area contributed by atoms with E-state index in [1.54, 1.807) is 0 Å². The largest absolute Gasteiger partial charge is 0.395 e. The number of nitrogens with one attached hydrogen (secondary N) is 1. The number of fused-ring (bicyclic) bond motifs is 1. The van der Waals surface area contributed by atoms with Crippen LogP contribution in [0.4, 0.5) is 11.5 Å². The van der Waals surface area contributed by atoms with E-state index < -0.39 is 0 Å². The summed E-state index contributed by atoms with van der Waals surface area (Å²) in [4.78, 5) is 9.26. The van der Waals surface area contributed by atoms with Crippen LogP contribution in [0.15, 0.2) is 30.5 Å². The number of piperazine rings is 1. The van der Waals surface area contributed by atoms with E-state index in [-0.39, 0.29) is 6.61 Å². The van der Waals surface area contributed by atoms with Crippen LogP contribution in [0.2, 0.25) is 0 Å². The van der Waals surface area contributed by atoms with Gasteiger partial charge in [-0.2, -0.15) is 0 Å². The number of aromatic nitrogens is 1. The molecule has 3 rings (SSSR count). The second kappa shape index (κ2) is 6.28. The molecule has 2 aromatic rings. The minimum Gasteiger partial charge on any atom is -0.395 e. The lowest BCUT2D eigenvalue weighted by Gasteiger charge is -2.35. The van der Waals surface area contributed by atoms with Crippen LogP contribution >= 0.6 is 0 Å². The third kappa shape index (κ3) is 2.80. The van der Waals surface area contributed by atoms with Gasteiger partial charge in [0.15, 0.2) is 0 Å². The van der Waals surface area contributed by atoms with E-state index in [4.69, 9.17) is 5.11 Å². The molecule has 0 bridgehead atoms. The molecule has 21 heavy (non-hydrogen) atoms. The molecule has 1 aromatic carbocycles. The van der Waals surface area contributed by atoms with Crippen molar-refractivity contribution in [3.8, 4) is 0 Å². The van der Waals surface area contributed by atoms with Gasteiger partial charge in [-0.05, 0) is 17.5 Å². The molecule has 112 valence electrons. The van der Waals surface area contributed by atoms with Crippen molar-refractivity contribution in [1.82, 2.24) is 9.88 Å². The topological polar surface area (TPSA) is 51.6 Å². The van der Waals surface area contributed by atoms with Gasteiger partial charge < -0.3 is 15.3 Å². The molecule has 0 saturated carbocycles. The summed E-state index contributed by atoms with van der Waals surface area (Å²) in [5.74, 6) is 1.06. The Hall–Kier alpha value is -1.85. The maximum atomic E-state index is 9.04. The molecule has 1 fully saturated rings. The zero-order chi connectivity index (χ0) is 14.7. The average molecular weight is 286 g/mol. The molecule has 0 spiro atoms. The number of rotatable bonds is 4. The molecule has 5 nitrogen and oxygen atoms in total. The Labute approximate surface area is 125 Å². The third-order valence-corrected chi connectivity index (χ3v) is 4.13. The lowest BCUT2D eigenvalue weighted by Crippen LogP contribution is -2.47. The summed E-state index contributed by atoms with van der Waals surface area (Å²) >= 11 is 0. The maximum absolute atomic E-state index is 9.04. The molecule has 0 amide bonds. The van der Waals surface area contributed by atoms with Crippen molar-refractivity contribution in [1.29, 1.82) is 0 Å². The molecule has 5 heteroatoms. The van der Waals surface area contributed by atoms with Gasteiger partial charge in [0, 0.05) is 57.0 Å². The second-order valence-electron chi connectivity index (χ2n) is 5.34. The molecule has 1 aliphatic rings. The first-order chi connectivity index (χ1) is 10.3. The van der Waals surface area contributed by atoms with Crippen LogP contribution in [0.3, 0.4) is 0 Å². The number of hydrogen-bond acceptors (Lipinski definition) is 5. The lowest BCUT2D eigenvalue weighted by atomic mass is 10.1. The number of anilines is 2.